The number of urea groups is 1. The van der Waals surface area contributed by atoms with Crippen LogP contribution in [0.4, 0.5) is 16.2 Å². The number of nitrogens with one attached hydrogen (secondary N) is 2. The minimum absolute atomic E-state index is 0.207. The Hall–Kier alpha value is -4.50. The van der Waals surface area contributed by atoms with Gasteiger partial charge < -0.3 is 20.6 Å². The van der Waals surface area contributed by atoms with Crippen LogP contribution < -0.4 is 15.5 Å². The molecule has 4 amide bonds. The predicted molar refractivity (Wildman–Crippen MR) is 159 cm³/mol. The van der Waals surface area contributed by atoms with E-state index >= 15 is 0 Å². The third-order valence-electron chi connectivity index (χ3n) is 7.81. The molecule has 1 fully saturated rings. The van der Waals surface area contributed by atoms with Crippen molar-refractivity contribution in [3.8, 4) is 0 Å². The zero-order chi connectivity index (χ0) is 29.1. The van der Waals surface area contributed by atoms with E-state index in [1.165, 1.54) is 4.90 Å². The van der Waals surface area contributed by atoms with E-state index in [4.69, 9.17) is 0 Å². The van der Waals surface area contributed by atoms with Gasteiger partial charge in [-0.15, -0.1) is 0 Å². The molecule has 0 unspecified atom stereocenters. The number of amides is 4. The van der Waals surface area contributed by atoms with E-state index in [9.17, 15) is 19.5 Å². The zero-order valence-corrected chi connectivity index (χ0v) is 23.6. The molecule has 0 aromatic heterocycles. The minimum Gasteiger partial charge on any atom is -0.385 e. The molecule has 9 nitrogen and oxygen atoms in total. The summed E-state index contributed by atoms with van der Waals surface area (Å²) in [5, 5.41) is 16.7. The van der Waals surface area contributed by atoms with Gasteiger partial charge in [0.15, 0.2) is 0 Å². The van der Waals surface area contributed by atoms with E-state index < -0.39 is 23.7 Å². The van der Waals surface area contributed by atoms with Crippen LogP contribution >= 0.6 is 0 Å². The van der Waals surface area contributed by atoms with Crippen molar-refractivity contribution in [3.05, 3.63) is 95.1 Å². The number of carbonyl (C=O) groups excluding carboxylic acids is 3. The predicted octanol–water partition coefficient (Wildman–Crippen LogP) is 4.12. The van der Waals surface area contributed by atoms with E-state index in [-0.39, 0.29) is 12.5 Å². The number of hydrogen-bond acceptors (Lipinski definition) is 5. The molecule has 1 saturated heterocycles. The van der Waals surface area contributed by atoms with Gasteiger partial charge in [-0.1, -0.05) is 60.7 Å². The van der Waals surface area contributed by atoms with Crippen LogP contribution in [0.3, 0.4) is 0 Å². The largest absolute Gasteiger partial charge is 0.385 e. The fourth-order valence-electron chi connectivity index (χ4n) is 5.55. The van der Waals surface area contributed by atoms with Crippen molar-refractivity contribution in [2.45, 2.75) is 45.4 Å². The molecular weight excluding hydrogens is 518 g/mol. The first-order valence-electron chi connectivity index (χ1n) is 13.8. The fourth-order valence-corrected chi connectivity index (χ4v) is 5.55. The third kappa shape index (κ3) is 6.00. The Labute approximate surface area is 239 Å². The van der Waals surface area contributed by atoms with Crippen molar-refractivity contribution < 1.29 is 19.5 Å². The maximum Gasteiger partial charge on any atom is 0.321 e. The summed E-state index contributed by atoms with van der Waals surface area (Å²) in [6.07, 6.45) is -0.417. The number of benzodiazepines with no additional fused rings is 1. The van der Waals surface area contributed by atoms with Crippen LogP contribution in [-0.4, -0.2) is 59.4 Å². The van der Waals surface area contributed by atoms with Gasteiger partial charge in [0.2, 0.25) is 12.1 Å². The number of aliphatic imine (C=N–C) groups is 1. The van der Waals surface area contributed by atoms with Crippen LogP contribution in [0.1, 0.15) is 42.0 Å². The normalized spacial score (nSPS) is 18.2. The maximum atomic E-state index is 13.9. The molecule has 0 radical (unpaired) electrons. The molecule has 2 aliphatic heterocycles. The summed E-state index contributed by atoms with van der Waals surface area (Å²) in [6, 6.07) is 21.9. The van der Waals surface area contributed by atoms with Crippen LogP contribution in [0.2, 0.25) is 0 Å². The quantitative estimate of drug-likeness (QED) is 0.441. The first-order valence-corrected chi connectivity index (χ1v) is 13.8. The van der Waals surface area contributed by atoms with Crippen molar-refractivity contribution in [1.82, 2.24) is 10.2 Å². The Morgan fingerprint density at radius 2 is 1.68 bits per heavy atom. The molecule has 5 rings (SSSR count). The second-order valence-electron chi connectivity index (χ2n) is 10.8. The molecule has 212 valence electrons. The fraction of sp³-hybridized carbons (Fsp3) is 0.312. The number of hydrogen-bond donors (Lipinski definition) is 3. The zero-order valence-electron chi connectivity index (χ0n) is 23.6. The molecule has 3 aromatic rings. The summed E-state index contributed by atoms with van der Waals surface area (Å²) < 4.78 is 0. The summed E-state index contributed by atoms with van der Waals surface area (Å²) in [5.74, 6) is -0.729. The molecule has 41 heavy (non-hydrogen) atoms. The molecule has 3 aromatic carbocycles. The van der Waals surface area contributed by atoms with E-state index in [1.807, 2.05) is 80.6 Å². The van der Waals surface area contributed by atoms with Gasteiger partial charge >= 0.3 is 6.03 Å². The van der Waals surface area contributed by atoms with Crippen LogP contribution in [0.15, 0.2) is 77.8 Å². The standard InChI is InChI=1S/C32H35N5O4/c1-21-9-7-13-25(19-21)34-31(40)35-29-30(39)37(28-22(2)10-8-14-26(28)23(3)33-29)20-27(38)36-17-15-32(41,16-18-36)24-11-5-4-6-12-24/h4-14,19,29,41H,15-18,20H2,1-3H3,(H2,34,35,40)/t29-/m0/s1. The number of nitrogens with zero attached hydrogens (tertiary/aromatic N) is 3. The lowest BCUT2D eigenvalue weighted by Gasteiger charge is -2.39. The Morgan fingerprint density at radius 3 is 2.39 bits per heavy atom. The van der Waals surface area contributed by atoms with Crippen molar-refractivity contribution in [2.24, 2.45) is 4.99 Å². The highest BCUT2D eigenvalue weighted by Gasteiger charge is 2.38. The molecule has 2 heterocycles. The lowest BCUT2D eigenvalue weighted by atomic mass is 9.84. The molecule has 1 atom stereocenters. The average Bonchev–Trinajstić information content (AvgIpc) is 3.05. The summed E-state index contributed by atoms with van der Waals surface area (Å²) in [6.45, 7) is 6.12. The highest BCUT2D eigenvalue weighted by atomic mass is 16.3. The number of piperidine rings is 1. The Morgan fingerprint density at radius 1 is 0.976 bits per heavy atom. The number of aliphatic hydroxyl groups is 1. The van der Waals surface area contributed by atoms with Crippen molar-refractivity contribution in [3.63, 3.8) is 0 Å². The van der Waals surface area contributed by atoms with Crippen molar-refractivity contribution in [1.29, 1.82) is 0 Å². The van der Waals surface area contributed by atoms with E-state index in [0.29, 0.717) is 43.0 Å². The summed E-state index contributed by atoms with van der Waals surface area (Å²) in [4.78, 5) is 48.1. The van der Waals surface area contributed by atoms with Crippen LogP contribution in [0.5, 0.6) is 0 Å². The minimum atomic E-state index is -1.22. The van der Waals surface area contributed by atoms with Gasteiger partial charge in [-0.2, -0.15) is 0 Å². The molecular formula is C32H35N5O4. The topological polar surface area (TPSA) is 114 Å². The number of para-hydroxylation sites is 1. The average molecular weight is 554 g/mol. The molecule has 0 saturated carbocycles. The number of carbonyl (C=O) groups is 3. The lowest BCUT2D eigenvalue weighted by Crippen LogP contribution is -2.53. The van der Waals surface area contributed by atoms with E-state index in [2.05, 4.69) is 15.6 Å². The first-order chi connectivity index (χ1) is 19.6. The molecule has 0 spiro atoms. The first kappa shape index (κ1) is 28.0. The Bertz CT molecular complexity index is 1490. The van der Waals surface area contributed by atoms with E-state index in [0.717, 1.165) is 22.3 Å². The van der Waals surface area contributed by atoms with Gasteiger partial charge in [0.1, 0.15) is 6.54 Å². The molecule has 9 heteroatoms. The van der Waals surface area contributed by atoms with Gasteiger partial charge in [0.05, 0.1) is 11.3 Å². The van der Waals surface area contributed by atoms with Gasteiger partial charge in [0, 0.05) is 30.1 Å². The van der Waals surface area contributed by atoms with Gasteiger partial charge in [-0.05, 0) is 62.4 Å². The monoisotopic (exact) mass is 553 g/mol. The number of benzene rings is 3. The number of aryl methyl sites for hydroxylation is 2. The molecule has 0 aliphatic carbocycles. The number of rotatable bonds is 5. The SMILES string of the molecule is CC1=N[C@@H](NC(=O)Nc2cccc(C)c2)C(=O)N(CC(=O)N2CCC(O)(c3ccccc3)CC2)c2c(C)cccc21. The molecule has 0 bridgehead atoms. The second-order valence-corrected chi connectivity index (χ2v) is 10.8. The van der Waals surface area contributed by atoms with Crippen LogP contribution in [-0.2, 0) is 15.2 Å². The van der Waals surface area contributed by atoms with E-state index in [1.54, 1.807) is 17.9 Å². The Kier molecular flexibility index (Phi) is 7.90. The third-order valence-corrected chi connectivity index (χ3v) is 7.81. The van der Waals surface area contributed by atoms with Gasteiger partial charge in [0.25, 0.3) is 5.91 Å². The molecule has 2 aliphatic rings. The van der Waals surface area contributed by atoms with Crippen molar-refractivity contribution in [2.75, 3.05) is 29.9 Å². The van der Waals surface area contributed by atoms with Gasteiger partial charge in [-0.3, -0.25) is 19.5 Å². The van der Waals surface area contributed by atoms with Crippen LogP contribution in [0.25, 0.3) is 0 Å². The smallest absolute Gasteiger partial charge is 0.321 e. The van der Waals surface area contributed by atoms with Crippen LogP contribution in [0, 0.1) is 13.8 Å². The number of likely N-dealkylation sites (tertiary alicyclic amines) is 1. The van der Waals surface area contributed by atoms with Gasteiger partial charge in [-0.25, -0.2) is 4.79 Å². The number of anilines is 2. The summed E-state index contributed by atoms with van der Waals surface area (Å²) in [7, 11) is 0. The summed E-state index contributed by atoms with van der Waals surface area (Å²) >= 11 is 0. The highest BCUT2D eigenvalue weighted by Crippen LogP contribution is 2.34. The maximum absolute atomic E-state index is 13.9. The second kappa shape index (κ2) is 11.5. The van der Waals surface area contributed by atoms with Crippen molar-refractivity contribution >= 4 is 34.9 Å². The molecule has 3 N–H and O–H groups in total. The summed E-state index contributed by atoms with van der Waals surface area (Å²) in [5.41, 5.74) is 4.15. The lowest BCUT2D eigenvalue weighted by molar-refractivity contribution is -0.135. The number of fused-ring (bicyclic) bond motifs is 1. The Balaban J connectivity index is 1.35. The highest BCUT2D eigenvalue weighted by molar-refractivity contribution is 6.14.